The molecular formula is C18H19N3O2S. The maximum Gasteiger partial charge on any atom is 0.196 e. The predicted octanol–water partition coefficient (Wildman–Crippen LogP) is 3.68. The van der Waals surface area contributed by atoms with E-state index in [9.17, 15) is 0 Å². The third-order valence-corrected chi connectivity index (χ3v) is 4.39. The van der Waals surface area contributed by atoms with E-state index in [1.54, 1.807) is 26.0 Å². The first-order chi connectivity index (χ1) is 11.8. The molecule has 3 aromatic rings. The Hall–Kier alpha value is -2.31. The highest BCUT2D eigenvalue weighted by Gasteiger charge is 2.16. The maximum atomic E-state index is 5.33. The van der Waals surface area contributed by atoms with E-state index < -0.39 is 0 Å². The van der Waals surface area contributed by atoms with E-state index >= 15 is 0 Å². The van der Waals surface area contributed by atoms with Gasteiger partial charge >= 0.3 is 0 Å². The minimum atomic E-state index is 0.667. The Bertz CT molecular complexity index is 790. The molecule has 0 amide bonds. The lowest BCUT2D eigenvalue weighted by atomic mass is 10.2. The molecule has 24 heavy (non-hydrogen) atoms. The van der Waals surface area contributed by atoms with Gasteiger partial charge in [-0.1, -0.05) is 42.1 Å². The Morgan fingerprint density at radius 2 is 1.83 bits per heavy atom. The van der Waals surface area contributed by atoms with Crippen molar-refractivity contribution < 1.29 is 9.47 Å². The molecule has 0 atom stereocenters. The summed E-state index contributed by atoms with van der Waals surface area (Å²) in [5.41, 5.74) is 1.99. The van der Waals surface area contributed by atoms with Gasteiger partial charge in [0.1, 0.15) is 5.75 Å². The quantitative estimate of drug-likeness (QED) is 0.485. The Morgan fingerprint density at radius 3 is 2.58 bits per heavy atom. The second-order valence-corrected chi connectivity index (χ2v) is 6.11. The lowest BCUT2D eigenvalue weighted by molar-refractivity contribution is 0.218. The fourth-order valence-electron chi connectivity index (χ4n) is 2.34. The first-order valence-corrected chi connectivity index (χ1v) is 8.59. The van der Waals surface area contributed by atoms with Gasteiger partial charge in [-0.25, -0.2) is 0 Å². The van der Waals surface area contributed by atoms with Crippen LogP contribution in [0.4, 0.5) is 0 Å². The number of hydrogen-bond acceptors (Lipinski definition) is 5. The number of hydrogen-bond donors (Lipinski definition) is 0. The van der Waals surface area contributed by atoms with E-state index in [2.05, 4.69) is 14.8 Å². The molecular weight excluding hydrogens is 322 g/mol. The first kappa shape index (κ1) is 16.5. The van der Waals surface area contributed by atoms with Crippen LogP contribution in [0.5, 0.6) is 5.75 Å². The molecule has 0 spiro atoms. The van der Waals surface area contributed by atoms with E-state index in [1.165, 1.54) is 0 Å². The largest absolute Gasteiger partial charge is 0.497 e. The second kappa shape index (κ2) is 7.99. The summed E-state index contributed by atoms with van der Waals surface area (Å²) >= 11 is 1.63. The summed E-state index contributed by atoms with van der Waals surface area (Å²) < 4.78 is 12.5. The summed E-state index contributed by atoms with van der Waals surface area (Å²) in [5.74, 6) is 2.41. The van der Waals surface area contributed by atoms with Crippen LogP contribution in [0.1, 0.15) is 0 Å². The number of methoxy groups -OCH3 is 2. The molecule has 0 saturated heterocycles. The van der Waals surface area contributed by atoms with E-state index in [1.807, 2.05) is 54.6 Å². The third-order valence-electron chi connectivity index (χ3n) is 3.49. The van der Waals surface area contributed by atoms with E-state index in [0.717, 1.165) is 33.7 Å². The zero-order valence-electron chi connectivity index (χ0n) is 13.7. The third kappa shape index (κ3) is 3.60. The van der Waals surface area contributed by atoms with Gasteiger partial charge in [-0.15, -0.1) is 10.2 Å². The summed E-state index contributed by atoms with van der Waals surface area (Å²) in [7, 11) is 3.36. The summed E-state index contributed by atoms with van der Waals surface area (Å²) in [4.78, 5) is 0. The topological polar surface area (TPSA) is 49.2 Å². The zero-order chi connectivity index (χ0) is 16.8. The van der Waals surface area contributed by atoms with Crippen molar-refractivity contribution in [3.8, 4) is 22.8 Å². The van der Waals surface area contributed by atoms with Crippen LogP contribution in [0.15, 0.2) is 59.8 Å². The minimum absolute atomic E-state index is 0.667. The van der Waals surface area contributed by atoms with Crippen molar-refractivity contribution >= 4 is 11.8 Å². The van der Waals surface area contributed by atoms with E-state index in [-0.39, 0.29) is 0 Å². The number of thioether (sulfide) groups is 1. The van der Waals surface area contributed by atoms with Crippen molar-refractivity contribution in [3.05, 3.63) is 54.6 Å². The average molecular weight is 341 g/mol. The number of rotatable bonds is 7. The highest BCUT2D eigenvalue weighted by Crippen LogP contribution is 2.29. The molecule has 0 aliphatic rings. The molecule has 6 heteroatoms. The molecule has 0 fully saturated rings. The molecule has 0 bridgehead atoms. The van der Waals surface area contributed by atoms with Gasteiger partial charge < -0.3 is 9.47 Å². The van der Waals surface area contributed by atoms with Crippen LogP contribution >= 0.6 is 11.8 Å². The average Bonchev–Trinajstić information content (AvgIpc) is 3.06. The molecule has 1 heterocycles. The Morgan fingerprint density at radius 1 is 1.00 bits per heavy atom. The van der Waals surface area contributed by atoms with Crippen LogP contribution in [0.25, 0.3) is 17.1 Å². The molecule has 0 unspecified atom stereocenters. The minimum Gasteiger partial charge on any atom is -0.497 e. The highest BCUT2D eigenvalue weighted by atomic mass is 32.2. The van der Waals surface area contributed by atoms with E-state index in [0.29, 0.717) is 6.61 Å². The van der Waals surface area contributed by atoms with Gasteiger partial charge in [0.15, 0.2) is 11.0 Å². The summed E-state index contributed by atoms with van der Waals surface area (Å²) in [5, 5.41) is 9.63. The smallest absolute Gasteiger partial charge is 0.196 e. The number of ether oxygens (including phenoxy) is 2. The van der Waals surface area contributed by atoms with Crippen molar-refractivity contribution in [2.75, 3.05) is 26.6 Å². The molecule has 0 aliphatic carbocycles. The number of nitrogens with zero attached hydrogens (tertiary/aromatic N) is 3. The van der Waals surface area contributed by atoms with Crippen molar-refractivity contribution in [2.45, 2.75) is 5.16 Å². The van der Waals surface area contributed by atoms with Crippen LogP contribution in [0, 0.1) is 0 Å². The first-order valence-electron chi connectivity index (χ1n) is 7.60. The monoisotopic (exact) mass is 341 g/mol. The van der Waals surface area contributed by atoms with E-state index in [4.69, 9.17) is 9.47 Å². The maximum absolute atomic E-state index is 5.33. The van der Waals surface area contributed by atoms with Gasteiger partial charge in [-0.3, -0.25) is 4.57 Å². The van der Waals surface area contributed by atoms with Gasteiger partial charge in [-0.05, 0) is 24.3 Å². The fraction of sp³-hybridized carbons (Fsp3) is 0.222. The molecule has 124 valence electrons. The molecule has 5 nitrogen and oxygen atoms in total. The molecule has 0 saturated carbocycles. The molecule has 0 N–H and O–H groups in total. The summed E-state index contributed by atoms with van der Waals surface area (Å²) in [6, 6.07) is 18.0. The molecule has 1 aromatic heterocycles. The second-order valence-electron chi connectivity index (χ2n) is 5.05. The number of para-hydroxylation sites is 1. The lowest BCUT2D eigenvalue weighted by Gasteiger charge is -2.10. The Kier molecular flexibility index (Phi) is 5.51. The standard InChI is InChI=1S/C18H19N3O2S/c1-22-11-12-24-18-20-19-17(14-7-6-10-16(13-14)23-2)21(18)15-8-4-3-5-9-15/h3-10,13H,11-12H2,1-2H3. The van der Waals surface area contributed by atoms with Gasteiger partial charge in [0, 0.05) is 24.1 Å². The van der Waals surface area contributed by atoms with Gasteiger partial charge in [0.05, 0.1) is 13.7 Å². The molecule has 0 radical (unpaired) electrons. The van der Waals surface area contributed by atoms with Crippen LogP contribution in [0.3, 0.4) is 0 Å². The molecule has 0 aliphatic heterocycles. The van der Waals surface area contributed by atoms with Crippen molar-refractivity contribution in [2.24, 2.45) is 0 Å². The number of benzene rings is 2. The summed E-state index contributed by atoms with van der Waals surface area (Å²) in [6.45, 7) is 0.667. The van der Waals surface area contributed by atoms with Crippen molar-refractivity contribution in [1.29, 1.82) is 0 Å². The zero-order valence-corrected chi connectivity index (χ0v) is 14.5. The normalized spacial score (nSPS) is 10.8. The van der Waals surface area contributed by atoms with Crippen molar-refractivity contribution in [1.82, 2.24) is 14.8 Å². The lowest BCUT2D eigenvalue weighted by Crippen LogP contribution is -2.01. The predicted molar refractivity (Wildman–Crippen MR) is 95.9 cm³/mol. The van der Waals surface area contributed by atoms with Crippen LogP contribution < -0.4 is 4.74 Å². The van der Waals surface area contributed by atoms with Crippen LogP contribution in [0.2, 0.25) is 0 Å². The van der Waals surface area contributed by atoms with Gasteiger partial charge in [-0.2, -0.15) is 0 Å². The molecule has 3 rings (SSSR count). The van der Waals surface area contributed by atoms with Gasteiger partial charge in [0.25, 0.3) is 0 Å². The number of aromatic nitrogens is 3. The Balaban J connectivity index is 2.05. The van der Waals surface area contributed by atoms with Crippen LogP contribution in [-0.4, -0.2) is 41.3 Å². The van der Waals surface area contributed by atoms with Crippen LogP contribution in [-0.2, 0) is 4.74 Å². The molecule has 2 aromatic carbocycles. The van der Waals surface area contributed by atoms with Crippen molar-refractivity contribution in [3.63, 3.8) is 0 Å². The SMILES string of the molecule is COCCSc1nnc(-c2cccc(OC)c2)n1-c1ccccc1. The highest BCUT2D eigenvalue weighted by molar-refractivity contribution is 7.99. The summed E-state index contributed by atoms with van der Waals surface area (Å²) in [6.07, 6.45) is 0. The fourth-order valence-corrected chi connectivity index (χ4v) is 3.19. The Labute approximate surface area is 145 Å². The van der Waals surface area contributed by atoms with Gasteiger partial charge in [0.2, 0.25) is 0 Å².